The Morgan fingerprint density at radius 2 is 1.56 bits per heavy atom. The van der Waals surface area contributed by atoms with Crippen molar-refractivity contribution in [2.24, 2.45) is 0 Å². The van der Waals surface area contributed by atoms with Gasteiger partial charge in [-0.25, -0.2) is 0 Å². The van der Waals surface area contributed by atoms with E-state index in [2.05, 4.69) is 126 Å². The van der Waals surface area contributed by atoms with Gasteiger partial charge in [0, 0.05) is 82.6 Å². The molecular formula is C27H49IN6. The molecule has 0 bridgehead atoms. The van der Waals surface area contributed by atoms with Crippen molar-refractivity contribution in [2.45, 2.75) is 62.3 Å². The SMILES string of the molecule is CC(C)NCC(C)(C)N1CCN(C)C(c2ccc(C3CN(C)CCN3CCNC(C)I)cc2)C1. The number of benzene rings is 1. The van der Waals surface area contributed by atoms with Gasteiger partial charge in [-0.2, -0.15) is 0 Å². The first-order valence-electron chi connectivity index (χ1n) is 13.2. The molecule has 3 atom stereocenters. The summed E-state index contributed by atoms with van der Waals surface area (Å²) in [5, 5.41) is 7.23. The van der Waals surface area contributed by atoms with E-state index in [-0.39, 0.29) is 5.54 Å². The highest BCUT2D eigenvalue weighted by Gasteiger charge is 2.34. The summed E-state index contributed by atoms with van der Waals surface area (Å²) in [5.41, 5.74) is 3.05. The molecule has 0 aliphatic carbocycles. The summed E-state index contributed by atoms with van der Waals surface area (Å²) < 4.78 is 0.515. The lowest BCUT2D eigenvalue weighted by Crippen LogP contribution is -2.58. The average molecular weight is 585 g/mol. The van der Waals surface area contributed by atoms with Crippen molar-refractivity contribution in [1.29, 1.82) is 0 Å². The standard InChI is InChI=1S/C27H49IN6/c1-21(2)30-20-27(4,5)34-17-15-32(7)25(19-34)23-8-10-24(11-9-23)26-18-31(6)14-16-33(26)13-12-29-22(3)28/h8-11,21-22,25-26,29-30H,12-20H2,1-7H3. The van der Waals surface area contributed by atoms with Crippen LogP contribution < -0.4 is 10.6 Å². The predicted octanol–water partition coefficient (Wildman–Crippen LogP) is 3.41. The third-order valence-corrected chi connectivity index (χ3v) is 8.11. The van der Waals surface area contributed by atoms with Crippen LogP contribution in [0.4, 0.5) is 0 Å². The first kappa shape index (κ1) is 28.3. The molecule has 1 aromatic carbocycles. The van der Waals surface area contributed by atoms with E-state index in [4.69, 9.17) is 0 Å². The molecule has 2 aliphatic heterocycles. The Balaban J connectivity index is 1.68. The zero-order chi connectivity index (χ0) is 24.9. The van der Waals surface area contributed by atoms with Gasteiger partial charge in [0.05, 0.1) is 4.05 Å². The van der Waals surface area contributed by atoms with Crippen molar-refractivity contribution in [1.82, 2.24) is 30.2 Å². The smallest absolute Gasteiger partial charge is 0.0565 e. The fourth-order valence-corrected chi connectivity index (χ4v) is 5.55. The Bertz CT molecular complexity index is 737. The number of nitrogens with one attached hydrogen (secondary N) is 2. The highest BCUT2D eigenvalue weighted by atomic mass is 127. The number of likely N-dealkylation sites (N-methyl/N-ethyl adjacent to an activating group) is 2. The zero-order valence-corrected chi connectivity index (χ0v) is 24.8. The monoisotopic (exact) mass is 584 g/mol. The molecule has 2 fully saturated rings. The van der Waals surface area contributed by atoms with Crippen molar-refractivity contribution >= 4 is 22.6 Å². The first-order chi connectivity index (χ1) is 16.1. The molecule has 0 radical (unpaired) electrons. The van der Waals surface area contributed by atoms with Gasteiger partial charge in [-0.1, -0.05) is 60.7 Å². The number of hydrogen-bond acceptors (Lipinski definition) is 6. The molecule has 2 heterocycles. The van der Waals surface area contributed by atoms with Crippen LogP contribution in [0.5, 0.6) is 0 Å². The molecule has 2 N–H and O–H groups in total. The third-order valence-electron chi connectivity index (χ3n) is 7.67. The summed E-state index contributed by atoms with van der Waals surface area (Å²) in [4.78, 5) is 10.4. The van der Waals surface area contributed by atoms with Gasteiger partial charge in [-0.05, 0) is 46.0 Å². The minimum absolute atomic E-state index is 0.153. The summed E-state index contributed by atoms with van der Waals surface area (Å²) in [6, 6.07) is 11.0. The van der Waals surface area contributed by atoms with Gasteiger partial charge in [-0.15, -0.1) is 0 Å². The van der Waals surface area contributed by atoms with Crippen LogP contribution in [0.2, 0.25) is 0 Å². The van der Waals surface area contributed by atoms with Crippen LogP contribution in [0, 0.1) is 0 Å². The molecule has 7 heteroatoms. The van der Waals surface area contributed by atoms with Crippen molar-refractivity contribution < 1.29 is 0 Å². The van der Waals surface area contributed by atoms with E-state index in [1.165, 1.54) is 11.1 Å². The average Bonchev–Trinajstić information content (AvgIpc) is 2.79. The third kappa shape index (κ3) is 7.85. The second kappa shape index (κ2) is 12.8. The maximum absolute atomic E-state index is 3.65. The number of piperazine rings is 2. The Kier molecular flexibility index (Phi) is 10.6. The molecule has 3 unspecified atom stereocenters. The molecule has 194 valence electrons. The van der Waals surface area contributed by atoms with E-state index in [1.54, 1.807) is 0 Å². The van der Waals surface area contributed by atoms with Gasteiger partial charge in [0.15, 0.2) is 0 Å². The van der Waals surface area contributed by atoms with Gasteiger partial charge in [0.2, 0.25) is 0 Å². The second-order valence-electron chi connectivity index (χ2n) is 11.3. The molecule has 0 saturated carbocycles. The number of rotatable bonds is 10. The first-order valence-corrected chi connectivity index (χ1v) is 14.4. The Morgan fingerprint density at radius 3 is 2.18 bits per heavy atom. The largest absolute Gasteiger partial charge is 0.313 e. The molecule has 0 spiro atoms. The molecule has 0 aromatic heterocycles. The summed E-state index contributed by atoms with van der Waals surface area (Å²) in [7, 11) is 4.54. The molecule has 34 heavy (non-hydrogen) atoms. The van der Waals surface area contributed by atoms with Crippen LogP contribution >= 0.6 is 22.6 Å². The Hall–Kier alpha value is -0.290. The fraction of sp³-hybridized carbons (Fsp3) is 0.778. The van der Waals surface area contributed by atoms with E-state index in [0.717, 1.165) is 58.9 Å². The highest BCUT2D eigenvalue weighted by Crippen LogP contribution is 2.31. The minimum atomic E-state index is 0.153. The molecule has 0 amide bonds. The molecular weight excluding hydrogens is 535 g/mol. The maximum Gasteiger partial charge on any atom is 0.0565 e. The number of alkyl halides is 1. The Morgan fingerprint density at radius 1 is 0.912 bits per heavy atom. The normalized spacial score (nSPS) is 25.2. The predicted molar refractivity (Wildman–Crippen MR) is 154 cm³/mol. The van der Waals surface area contributed by atoms with Gasteiger partial charge < -0.3 is 15.5 Å². The van der Waals surface area contributed by atoms with Crippen LogP contribution in [0.25, 0.3) is 0 Å². The maximum atomic E-state index is 3.65. The van der Waals surface area contributed by atoms with Crippen LogP contribution in [0.3, 0.4) is 0 Å². The highest BCUT2D eigenvalue weighted by molar-refractivity contribution is 14.1. The van der Waals surface area contributed by atoms with E-state index in [1.807, 2.05) is 0 Å². The summed E-state index contributed by atoms with van der Waals surface area (Å²) in [5.74, 6) is 0. The molecule has 6 nitrogen and oxygen atoms in total. The van der Waals surface area contributed by atoms with E-state index < -0.39 is 0 Å². The quantitative estimate of drug-likeness (QED) is 0.250. The number of nitrogens with zero attached hydrogens (tertiary/aromatic N) is 4. The van der Waals surface area contributed by atoms with Crippen molar-refractivity contribution in [2.75, 3.05) is 73.0 Å². The fourth-order valence-electron chi connectivity index (χ4n) is 5.24. The molecule has 2 saturated heterocycles. The van der Waals surface area contributed by atoms with Crippen LogP contribution in [0.1, 0.15) is 57.8 Å². The van der Waals surface area contributed by atoms with Crippen LogP contribution in [-0.2, 0) is 0 Å². The lowest BCUT2D eigenvalue weighted by Gasteiger charge is -2.47. The van der Waals surface area contributed by atoms with Crippen LogP contribution in [-0.4, -0.2) is 108 Å². The summed E-state index contributed by atoms with van der Waals surface area (Å²) >= 11 is 2.45. The van der Waals surface area contributed by atoms with Crippen molar-refractivity contribution in [3.63, 3.8) is 0 Å². The zero-order valence-electron chi connectivity index (χ0n) is 22.6. The second-order valence-corrected chi connectivity index (χ2v) is 13.2. The summed E-state index contributed by atoms with van der Waals surface area (Å²) in [6.45, 7) is 21.3. The van der Waals surface area contributed by atoms with Gasteiger partial charge in [0.1, 0.15) is 0 Å². The Labute approximate surface area is 222 Å². The number of halogens is 1. The van der Waals surface area contributed by atoms with E-state index >= 15 is 0 Å². The molecule has 2 aliphatic rings. The lowest BCUT2D eigenvalue weighted by atomic mass is 9.94. The van der Waals surface area contributed by atoms with Crippen molar-refractivity contribution in [3.05, 3.63) is 35.4 Å². The summed E-state index contributed by atoms with van der Waals surface area (Å²) in [6.07, 6.45) is 0. The molecule has 3 rings (SSSR count). The van der Waals surface area contributed by atoms with Gasteiger partial charge in [-0.3, -0.25) is 14.7 Å². The van der Waals surface area contributed by atoms with Gasteiger partial charge in [0.25, 0.3) is 0 Å². The number of hydrogen-bond donors (Lipinski definition) is 2. The topological polar surface area (TPSA) is 37.0 Å². The molecule has 1 aromatic rings. The lowest BCUT2D eigenvalue weighted by molar-refractivity contribution is 0.0252. The van der Waals surface area contributed by atoms with Crippen molar-refractivity contribution in [3.8, 4) is 0 Å². The van der Waals surface area contributed by atoms with Crippen LogP contribution in [0.15, 0.2) is 24.3 Å². The van der Waals surface area contributed by atoms with E-state index in [0.29, 0.717) is 22.2 Å². The van der Waals surface area contributed by atoms with Gasteiger partial charge >= 0.3 is 0 Å². The van der Waals surface area contributed by atoms with E-state index in [9.17, 15) is 0 Å². The minimum Gasteiger partial charge on any atom is -0.313 e.